The second kappa shape index (κ2) is 9.58. The molecule has 0 atom stereocenters. The van der Waals surface area contributed by atoms with Crippen LogP contribution in [0.25, 0.3) is 0 Å². The van der Waals surface area contributed by atoms with Gasteiger partial charge in [-0.15, -0.1) is 0 Å². The fraction of sp³-hybridized carbons (Fsp3) is 0.438. The number of hydrogen-bond donors (Lipinski definition) is 3. The molecule has 1 aromatic rings. The van der Waals surface area contributed by atoms with Crippen LogP contribution in [0.4, 0.5) is 5.69 Å². The average molecular weight is 320 g/mol. The summed E-state index contributed by atoms with van der Waals surface area (Å²) in [5.74, 6) is -1.96. The van der Waals surface area contributed by atoms with Gasteiger partial charge in [0, 0.05) is 17.8 Å². The Bertz CT molecular complexity index is 539. The van der Waals surface area contributed by atoms with E-state index >= 15 is 0 Å². The van der Waals surface area contributed by atoms with Crippen LogP contribution < -0.4 is 16.4 Å². The molecule has 0 unspecified atom stereocenters. The predicted octanol–water partition coefficient (Wildman–Crippen LogP) is 0.572. The highest BCUT2D eigenvalue weighted by Crippen LogP contribution is 2.08. The summed E-state index contributed by atoms with van der Waals surface area (Å²) in [6.07, 6.45) is 0.786. The Hall–Kier alpha value is -2.41. The van der Waals surface area contributed by atoms with E-state index in [4.69, 9.17) is 5.73 Å². The molecule has 0 aromatic heterocycles. The maximum Gasteiger partial charge on any atom is 0.313 e. The first-order valence-electron chi connectivity index (χ1n) is 7.69. The van der Waals surface area contributed by atoms with Gasteiger partial charge in [-0.1, -0.05) is 13.8 Å². The Kier molecular flexibility index (Phi) is 7.76. The lowest BCUT2D eigenvalue weighted by molar-refractivity contribution is -0.136. The molecule has 0 aliphatic heterocycles. The Morgan fingerprint density at radius 2 is 1.65 bits per heavy atom. The Morgan fingerprint density at radius 3 is 2.17 bits per heavy atom. The Labute approximate surface area is 136 Å². The highest BCUT2D eigenvalue weighted by Gasteiger charge is 2.13. The van der Waals surface area contributed by atoms with Crippen LogP contribution in [0.5, 0.6) is 0 Å². The SMILES string of the molecule is CCN(CC)CCCNC(=O)C(=O)Nc1ccc(C(N)=O)cc1. The molecule has 0 aliphatic carbocycles. The van der Waals surface area contributed by atoms with Crippen LogP contribution >= 0.6 is 0 Å². The molecule has 3 amide bonds. The van der Waals surface area contributed by atoms with Gasteiger partial charge in [-0.25, -0.2) is 0 Å². The summed E-state index contributed by atoms with van der Waals surface area (Å²) in [4.78, 5) is 36.6. The summed E-state index contributed by atoms with van der Waals surface area (Å²) >= 11 is 0. The van der Waals surface area contributed by atoms with Gasteiger partial charge in [0.1, 0.15) is 0 Å². The first-order valence-corrected chi connectivity index (χ1v) is 7.69. The van der Waals surface area contributed by atoms with Gasteiger partial charge in [0.15, 0.2) is 0 Å². The van der Waals surface area contributed by atoms with E-state index in [0.717, 1.165) is 26.1 Å². The molecule has 1 rings (SSSR count). The Balaban J connectivity index is 2.36. The highest BCUT2D eigenvalue weighted by atomic mass is 16.2. The molecule has 0 radical (unpaired) electrons. The third-order valence-corrected chi connectivity index (χ3v) is 3.46. The van der Waals surface area contributed by atoms with E-state index in [0.29, 0.717) is 17.8 Å². The number of carbonyl (C=O) groups is 3. The molecule has 0 saturated carbocycles. The van der Waals surface area contributed by atoms with E-state index in [1.807, 2.05) is 0 Å². The standard InChI is InChI=1S/C16H24N4O3/c1-3-20(4-2)11-5-10-18-15(22)16(23)19-13-8-6-12(7-9-13)14(17)21/h6-9H,3-5,10-11H2,1-2H3,(H2,17,21)(H,18,22)(H,19,23). The summed E-state index contributed by atoms with van der Waals surface area (Å²) in [6, 6.07) is 6.01. The number of nitrogens with zero attached hydrogens (tertiary/aromatic N) is 1. The number of carbonyl (C=O) groups excluding carboxylic acids is 3. The molecule has 0 fully saturated rings. The van der Waals surface area contributed by atoms with Gasteiger partial charge in [0.2, 0.25) is 5.91 Å². The second-order valence-corrected chi connectivity index (χ2v) is 5.03. The second-order valence-electron chi connectivity index (χ2n) is 5.03. The third kappa shape index (κ3) is 6.48. The van der Waals surface area contributed by atoms with Crippen molar-refractivity contribution in [3.63, 3.8) is 0 Å². The molecule has 4 N–H and O–H groups in total. The van der Waals surface area contributed by atoms with Crippen molar-refractivity contribution in [1.29, 1.82) is 0 Å². The van der Waals surface area contributed by atoms with Crippen LogP contribution in [-0.2, 0) is 9.59 Å². The number of anilines is 1. The van der Waals surface area contributed by atoms with Crippen LogP contribution in [0.15, 0.2) is 24.3 Å². The fourth-order valence-electron chi connectivity index (χ4n) is 2.03. The summed E-state index contributed by atoms with van der Waals surface area (Å²) in [6.45, 7) is 7.42. The molecule has 23 heavy (non-hydrogen) atoms. The van der Waals surface area contributed by atoms with Gasteiger partial charge >= 0.3 is 11.8 Å². The van der Waals surface area contributed by atoms with Crippen molar-refractivity contribution in [3.05, 3.63) is 29.8 Å². The minimum atomic E-state index is -0.736. The number of benzene rings is 1. The van der Waals surface area contributed by atoms with Crippen molar-refractivity contribution in [1.82, 2.24) is 10.2 Å². The van der Waals surface area contributed by atoms with Crippen molar-refractivity contribution in [2.75, 3.05) is 31.5 Å². The van der Waals surface area contributed by atoms with Gasteiger partial charge < -0.3 is 21.3 Å². The lowest BCUT2D eigenvalue weighted by Gasteiger charge is -2.17. The minimum absolute atomic E-state index is 0.337. The summed E-state index contributed by atoms with van der Waals surface area (Å²) in [5, 5.41) is 5.05. The lowest BCUT2D eigenvalue weighted by Crippen LogP contribution is -2.37. The van der Waals surface area contributed by atoms with Crippen LogP contribution in [-0.4, -0.2) is 48.8 Å². The molecule has 0 heterocycles. The largest absolute Gasteiger partial charge is 0.366 e. The van der Waals surface area contributed by atoms with Crippen LogP contribution in [0, 0.1) is 0 Å². The van der Waals surface area contributed by atoms with Gasteiger partial charge in [-0.2, -0.15) is 0 Å². The van der Waals surface area contributed by atoms with Gasteiger partial charge in [-0.3, -0.25) is 14.4 Å². The topological polar surface area (TPSA) is 105 Å². The zero-order chi connectivity index (χ0) is 17.2. The quantitative estimate of drug-likeness (QED) is 0.481. The monoisotopic (exact) mass is 320 g/mol. The Morgan fingerprint density at radius 1 is 1.04 bits per heavy atom. The van der Waals surface area contributed by atoms with Crippen LogP contribution in [0.2, 0.25) is 0 Å². The van der Waals surface area contributed by atoms with E-state index in [1.54, 1.807) is 0 Å². The first-order chi connectivity index (χ1) is 11.0. The average Bonchev–Trinajstić information content (AvgIpc) is 2.55. The molecule has 1 aromatic carbocycles. The maximum absolute atomic E-state index is 11.7. The number of amides is 3. The zero-order valence-electron chi connectivity index (χ0n) is 13.6. The molecule has 0 aliphatic rings. The lowest BCUT2D eigenvalue weighted by atomic mass is 10.2. The molecule has 0 bridgehead atoms. The first kappa shape index (κ1) is 18.6. The minimum Gasteiger partial charge on any atom is -0.366 e. The summed E-state index contributed by atoms with van der Waals surface area (Å²) in [7, 11) is 0. The van der Waals surface area contributed by atoms with Gasteiger partial charge in [0.25, 0.3) is 0 Å². The van der Waals surface area contributed by atoms with Crippen LogP contribution in [0.1, 0.15) is 30.6 Å². The number of hydrogen-bond acceptors (Lipinski definition) is 4. The van der Waals surface area contributed by atoms with E-state index in [2.05, 4.69) is 29.4 Å². The fourth-order valence-corrected chi connectivity index (χ4v) is 2.03. The maximum atomic E-state index is 11.7. The molecule has 7 nitrogen and oxygen atoms in total. The van der Waals surface area contributed by atoms with E-state index < -0.39 is 17.7 Å². The number of nitrogens with one attached hydrogen (secondary N) is 2. The van der Waals surface area contributed by atoms with Crippen molar-refractivity contribution < 1.29 is 14.4 Å². The van der Waals surface area contributed by atoms with Gasteiger partial charge in [0.05, 0.1) is 0 Å². The molecular formula is C16H24N4O3. The van der Waals surface area contributed by atoms with E-state index in [1.165, 1.54) is 24.3 Å². The van der Waals surface area contributed by atoms with E-state index in [9.17, 15) is 14.4 Å². The predicted molar refractivity (Wildman–Crippen MR) is 89.0 cm³/mol. The molecular weight excluding hydrogens is 296 g/mol. The van der Waals surface area contributed by atoms with Gasteiger partial charge in [-0.05, 0) is 50.3 Å². The molecule has 0 saturated heterocycles. The summed E-state index contributed by atoms with van der Waals surface area (Å²) < 4.78 is 0. The normalized spacial score (nSPS) is 10.4. The van der Waals surface area contributed by atoms with Crippen molar-refractivity contribution in [3.8, 4) is 0 Å². The number of nitrogens with two attached hydrogens (primary N) is 1. The highest BCUT2D eigenvalue weighted by molar-refractivity contribution is 6.39. The van der Waals surface area contributed by atoms with Crippen molar-refractivity contribution in [2.24, 2.45) is 5.73 Å². The summed E-state index contributed by atoms with van der Waals surface area (Å²) in [5.41, 5.74) is 5.89. The van der Waals surface area contributed by atoms with Crippen LogP contribution in [0.3, 0.4) is 0 Å². The van der Waals surface area contributed by atoms with Crippen molar-refractivity contribution in [2.45, 2.75) is 20.3 Å². The zero-order valence-corrected chi connectivity index (χ0v) is 13.6. The molecule has 0 spiro atoms. The number of primary amides is 1. The smallest absolute Gasteiger partial charge is 0.313 e. The molecule has 126 valence electrons. The van der Waals surface area contributed by atoms with E-state index in [-0.39, 0.29) is 0 Å². The molecule has 7 heteroatoms. The number of rotatable bonds is 8. The van der Waals surface area contributed by atoms with Crippen molar-refractivity contribution >= 4 is 23.4 Å². The third-order valence-electron chi connectivity index (χ3n) is 3.46.